The molecular weight excluding hydrogens is 268 g/mol. The summed E-state index contributed by atoms with van der Waals surface area (Å²) < 4.78 is 0. The fourth-order valence-corrected chi connectivity index (χ4v) is 2.28. The maximum absolute atomic E-state index is 9.04. The first-order chi connectivity index (χ1) is 7.58. The van der Waals surface area contributed by atoms with Crippen LogP contribution in [0.5, 0.6) is 0 Å². The molecule has 0 fully saturated rings. The first-order valence-corrected chi connectivity index (χ1v) is 6.19. The van der Waals surface area contributed by atoms with Gasteiger partial charge in [-0.3, -0.25) is 0 Å². The van der Waals surface area contributed by atoms with E-state index in [2.05, 4.69) is 5.32 Å². The summed E-state index contributed by atoms with van der Waals surface area (Å²) in [5.41, 5.74) is 0.805. The third-order valence-corrected chi connectivity index (χ3v) is 3.28. The molecule has 1 unspecified atom stereocenters. The van der Waals surface area contributed by atoms with Crippen LogP contribution in [0.2, 0.25) is 15.1 Å². The average Bonchev–Trinajstić information content (AvgIpc) is 2.22. The Morgan fingerprint density at radius 3 is 2.25 bits per heavy atom. The van der Waals surface area contributed by atoms with Gasteiger partial charge in [0.1, 0.15) is 0 Å². The Labute approximate surface area is 111 Å². The molecule has 0 spiro atoms. The molecule has 0 amide bonds. The molecule has 1 atom stereocenters. The van der Waals surface area contributed by atoms with Crippen LogP contribution in [0, 0.1) is 0 Å². The van der Waals surface area contributed by atoms with Gasteiger partial charge < -0.3 is 10.4 Å². The maximum atomic E-state index is 9.04. The van der Waals surface area contributed by atoms with E-state index < -0.39 is 0 Å². The van der Waals surface area contributed by atoms with Gasteiger partial charge in [0.15, 0.2) is 0 Å². The van der Waals surface area contributed by atoms with Crippen molar-refractivity contribution in [3.8, 4) is 0 Å². The quantitative estimate of drug-likeness (QED) is 0.866. The molecule has 0 aliphatic heterocycles. The molecule has 0 saturated carbocycles. The fourth-order valence-electron chi connectivity index (χ4n) is 1.33. The van der Waals surface area contributed by atoms with Gasteiger partial charge in [-0.15, -0.1) is 0 Å². The Balaban J connectivity index is 2.74. The third-order valence-electron chi connectivity index (χ3n) is 2.39. The van der Waals surface area contributed by atoms with Gasteiger partial charge in [0.25, 0.3) is 0 Å². The zero-order valence-electron chi connectivity index (χ0n) is 8.93. The van der Waals surface area contributed by atoms with Crippen molar-refractivity contribution >= 4 is 34.8 Å². The Morgan fingerprint density at radius 2 is 1.81 bits per heavy atom. The van der Waals surface area contributed by atoms with Gasteiger partial charge in [-0.1, -0.05) is 41.7 Å². The summed E-state index contributed by atoms with van der Waals surface area (Å²) in [7, 11) is 0. The fraction of sp³-hybridized carbons (Fsp3) is 0.455. The smallest absolute Gasteiger partial charge is 0.0584 e. The zero-order chi connectivity index (χ0) is 12.1. The summed E-state index contributed by atoms with van der Waals surface area (Å²) in [5, 5.41) is 13.8. The predicted octanol–water partition coefficient (Wildman–Crippen LogP) is 3.51. The minimum Gasteiger partial charge on any atom is -0.395 e. The molecule has 90 valence electrons. The molecule has 0 aliphatic carbocycles. The molecule has 0 saturated heterocycles. The summed E-state index contributed by atoms with van der Waals surface area (Å²) >= 11 is 17.9. The number of aliphatic hydroxyl groups excluding tert-OH is 1. The summed E-state index contributed by atoms with van der Waals surface area (Å²) in [5.74, 6) is 0. The van der Waals surface area contributed by atoms with E-state index in [9.17, 15) is 0 Å². The monoisotopic (exact) mass is 281 g/mol. The van der Waals surface area contributed by atoms with Crippen LogP contribution in [0.25, 0.3) is 0 Å². The Hall–Kier alpha value is 0.01000. The minimum atomic E-state index is 0.0582. The highest BCUT2D eigenvalue weighted by atomic mass is 35.5. The molecule has 2 nitrogen and oxygen atoms in total. The lowest BCUT2D eigenvalue weighted by molar-refractivity contribution is 0.238. The van der Waals surface area contributed by atoms with E-state index in [0.717, 1.165) is 12.0 Å². The number of aliphatic hydroxyl groups is 1. The van der Waals surface area contributed by atoms with E-state index in [4.69, 9.17) is 39.9 Å². The Morgan fingerprint density at radius 1 is 1.25 bits per heavy atom. The topological polar surface area (TPSA) is 32.3 Å². The Bertz CT molecular complexity index is 330. The predicted molar refractivity (Wildman–Crippen MR) is 69.5 cm³/mol. The largest absolute Gasteiger partial charge is 0.395 e. The van der Waals surface area contributed by atoms with Gasteiger partial charge in [-0.2, -0.15) is 0 Å². The van der Waals surface area contributed by atoms with Gasteiger partial charge in [0.2, 0.25) is 0 Å². The lowest BCUT2D eigenvalue weighted by atomic mass is 10.2. The van der Waals surface area contributed by atoms with E-state index >= 15 is 0 Å². The summed E-state index contributed by atoms with van der Waals surface area (Å²) in [6.07, 6.45) is 0.847. The molecule has 1 aromatic carbocycles. The lowest BCUT2D eigenvalue weighted by Crippen LogP contribution is -2.31. The van der Waals surface area contributed by atoms with Gasteiger partial charge in [-0.05, 0) is 18.6 Å². The molecule has 0 radical (unpaired) electrons. The van der Waals surface area contributed by atoms with Crippen molar-refractivity contribution in [3.63, 3.8) is 0 Å². The molecule has 0 aliphatic rings. The standard InChI is InChI=1S/C11H14Cl3NO/c1-2-8(6-16)15-5-9-10(13)3-7(12)4-11(9)14/h3-4,8,15-16H,2,5-6H2,1H3. The third kappa shape index (κ3) is 3.79. The van der Waals surface area contributed by atoms with E-state index in [-0.39, 0.29) is 12.6 Å². The van der Waals surface area contributed by atoms with Crippen molar-refractivity contribution in [1.82, 2.24) is 5.32 Å². The van der Waals surface area contributed by atoms with Gasteiger partial charge in [0, 0.05) is 33.2 Å². The second kappa shape index (κ2) is 6.67. The van der Waals surface area contributed by atoms with E-state index in [0.29, 0.717) is 21.6 Å². The maximum Gasteiger partial charge on any atom is 0.0584 e. The average molecular weight is 283 g/mol. The van der Waals surface area contributed by atoms with Crippen molar-refractivity contribution < 1.29 is 5.11 Å². The molecular formula is C11H14Cl3NO. The second-order valence-electron chi connectivity index (χ2n) is 3.52. The van der Waals surface area contributed by atoms with Crippen molar-refractivity contribution in [2.24, 2.45) is 0 Å². The van der Waals surface area contributed by atoms with E-state index in [1.165, 1.54) is 0 Å². The number of hydrogen-bond acceptors (Lipinski definition) is 2. The van der Waals surface area contributed by atoms with Gasteiger partial charge >= 0.3 is 0 Å². The molecule has 2 N–H and O–H groups in total. The number of benzene rings is 1. The molecule has 0 bridgehead atoms. The number of halogens is 3. The van der Waals surface area contributed by atoms with Crippen LogP contribution >= 0.6 is 34.8 Å². The number of hydrogen-bond donors (Lipinski definition) is 2. The van der Waals surface area contributed by atoms with Gasteiger partial charge in [0.05, 0.1) is 6.61 Å². The molecule has 1 aromatic rings. The van der Waals surface area contributed by atoms with Crippen LogP contribution in [-0.2, 0) is 6.54 Å². The second-order valence-corrected chi connectivity index (χ2v) is 4.77. The van der Waals surface area contributed by atoms with Crippen molar-refractivity contribution in [1.29, 1.82) is 0 Å². The normalized spacial score (nSPS) is 12.8. The Kier molecular flexibility index (Phi) is 5.87. The molecule has 1 rings (SSSR count). The number of nitrogens with one attached hydrogen (secondary N) is 1. The van der Waals surface area contributed by atoms with Crippen molar-refractivity contribution in [3.05, 3.63) is 32.8 Å². The van der Waals surface area contributed by atoms with Crippen molar-refractivity contribution in [2.75, 3.05) is 6.61 Å². The van der Waals surface area contributed by atoms with Crippen LogP contribution in [0.3, 0.4) is 0 Å². The molecule has 0 aromatic heterocycles. The first-order valence-electron chi connectivity index (χ1n) is 5.06. The molecule has 16 heavy (non-hydrogen) atoms. The summed E-state index contributed by atoms with van der Waals surface area (Å²) in [6.45, 7) is 2.62. The highest BCUT2D eigenvalue weighted by molar-refractivity contribution is 6.39. The minimum absolute atomic E-state index is 0.0582. The van der Waals surface area contributed by atoms with Crippen LogP contribution in [0.15, 0.2) is 12.1 Å². The summed E-state index contributed by atoms with van der Waals surface area (Å²) in [6, 6.07) is 3.38. The van der Waals surface area contributed by atoms with Crippen LogP contribution in [0.1, 0.15) is 18.9 Å². The number of rotatable bonds is 5. The zero-order valence-corrected chi connectivity index (χ0v) is 11.2. The molecule has 5 heteroatoms. The van der Waals surface area contributed by atoms with Crippen LogP contribution < -0.4 is 5.32 Å². The SMILES string of the molecule is CCC(CO)NCc1c(Cl)cc(Cl)cc1Cl. The van der Waals surface area contributed by atoms with Crippen molar-refractivity contribution in [2.45, 2.75) is 25.9 Å². The first kappa shape index (κ1) is 14.1. The highest BCUT2D eigenvalue weighted by Crippen LogP contribution is 2.28. The van der Waals surface area contributed by atoms with Gasteiger partial charge in [-0.25, -0.2) is 0 Å². The van der Waals surface area contributed by atoms with Crippen LogP contribution in [0.4, 0.5) is 0 Å². The van der Waals surface area contributed by atoms with E-state index in [1.54, 1.807) is 12.1 Å². The van der Waals surface area contributed by atoms with E-state index in [1.807, 2.05) is 6.92 Å². The molecule has 0 heterocycles. The van der Waals surface area contributed by atoms with Crippen LogP contribution in [-0.4, -0.2) is 17.8 Å². The lowest BCUT2D eigenvalue weighted by Gasteiger charge is -2.15. The summed E-state index contributed by atoms with van der Waals surface area (Å²) in [4.78, 5) is 0. The highest BCUT2D eigenvalue weighted by Gasteiger charge is 2.10.